The number of nitrogens with two attached hydrogens (primary N) is 1. The Morgan fingerprint density at radius 1 is 1.31 bits per heavy atom. The van der Waals surface area contributed by atoms with Gasteiger partial charge in [0.1, 0.15) is 0 Å². The Morgan fingerprint density at radius 2 is 2.08 bits per heavy atom. The fourth-order valence-corrected chi connectivity index (χ4v) is 4.08. The van der Waals surface area contributed by atoms with Gasteiger partial charge in [0.2, 0.25) is 0 Å². The minimum Gasteiger partial charge on any atom is -0.348 e. The van der Waals surface area contributed by atoms with Crippen LogP contribution in [0.5, 0.6) is 0 Å². The minimum absolute atomic E-state index is 0.00797. The van der Waals surface area contributed by atoms with Crippen molar-refractivity contribution in [1.29, 1.82) is 0 Å². The van der Waals surface area contributed by atoms with Crippen LogP contribution in [0.2, 0.25) is 0 Å². The summed E-state index contributed by atoms with van der Waals surface area (Å²) in [5, 5.41) is 3.21. The van der Waals surface area contributed by atoms with Crippen molar-refractivity contribution >= 4 is 5.91 Å². The van der Waals surface area contributed by atoms with Crippen molar-refractivity contribution < 1.29 is 4.79 Å². The quantitative estimate of drug-likeness (QED) is 0.837. The molecule has 3 N–H and O–H groups in total. The number of aromatic nitrogens is 2. The van der Waals surface area contributed by atoms with E-state index in [1.165, 1.54) is 32.1 Å². The average molecular weight is 354 g/mol. The van der Waals surface area contributed by atoms with E-state index >= 15 is 0 Å². The number of nitrogens with zero attached hydrogens (tertiary/aromatic N) is 2. The summed E-state index contributed by atoms with van der Waals surface area (Å²) in [6.07, 6.45) is 7.93. The molecule has 2 aromatic heterocycles. The van der Waals surface area contributed by atoms with Crippen LogP contribution in [0.3, 0.4) is 0 Å². The molecule has 0 radical (unpaired) electrons. The number of pyridine rings is 1. The van der Waals surface area contributed by atoms with Crippen molar-refractivity contribution in [2.24, 2.45) is 11.7 Å². The monoisotopic (exact) mass is 354 g/mol. The van der Waals surface area contributed by atoms with Gasteiger partial charge in [-0.15, -0.1) is 0 Å². The van der Waals surface area contributed by atoms with Crippen molar-refractivity contribution in [3.63, 3.8) is 0 Å². The van der Waals surface area contributed by atoms with Crippen LogP contribution in [0.15, 0.2) is 30.5 Å². The Morgan fingerprint density at radius 3 is 2.73 bits per heavy atom. The number of nitrogens with one attached hydrogen (secondary N) is 1. The fraction of sp³-hybridized carbons (Fsp3) is 0.524. The predicted molar refractivity (Wildman–Crippen MR) is 104 cm³/mol. The number of carbonyl (C=O) groups excluding carboxylic acids is 1. The van der Waals surface area contributed by atoms with Crippen LogP contribution in [0, 0.1) is 19.8 Å². The Labute approximate surface area is 156 Å². The molecule has 0 spiro atoms. The molecule has 5 nitrogen and oxygen atoms in total. The maximum Gasteiger partial charge on any atom is 0.253 e. The molecule has 1 aliphatic carbocycles. The molecule has 0 aliphatic heterocycles. The van der Waals surface area contributed by atoms with Crippen molar-refractivity contribution in [1.82, 2.24) is 14.9 Å². The third-order valence-electron chi connectivity index (χ3n) is 5.65. The van der Waals surface area contributed by atoms with E-state index in [1.807, 2.05) is 38.1 Å². The second-order valence-electron chi connectivity index (χ2n) is 7.41. The van der Waals surface area contributed by atoms with E-state index in [0.717, 1.165) is 22.6 Å². The SMILES string of the molecule is Cc1cc(C(=O)NC(CN)C2CCCCC2)c(C)n1Cc1ccccn1. The molecule has 1 amide bonds. The molecular weight excluding hydrogens is 324 g/mol. The Bertz CT molecular complexity index is 732. The van der Waals surface area contributed by atoms with Crippen LogP contribution < -0.4 is 11.1 Å². The third-order valence-corrected chi connectivity index (χ3v) is 5.65. The van der Waals surface area contributed by atoms with Crippen LogP contribution in [0.1, 0.15) is 59.5 Å². The molecule has 3 rings (SSSR count). The lowest BCUT2D eigenvalue weighted by Gasteiger charge is -2.30. The van der Waals surface area contributed by atoms with E-state index in [2.05, 4.69) is 14.9 Å². The third kappa shape index (κ3) is 4.15. The average Bonchev–Trinajstić information content (AvgIpc) is 2.96. The van der Waals surface area contributed by atoms with E-state index < -0.39 is 0 Å². The topological polar surface area (TPSA) is 72.9 Å². The molecule has 0 saturated heterocycles. The molecule has 26 heavy (non-hydrogen) atoms. The first kappa shape index (κ1) is 18.6. The van der Waals surface area contributed by atoms with Gasteiger partial charge in [-0.2, -0.15) is 0 Å². The molecule has 1 unspecified atom stereocenters. The maximum absolute atomic E-state index is 12.9. The van der Waals surface area contributed by atoms with Crippen LogP contribution in [-0.2, 0) is 6.54 Å². The fourth-order valence-electron chi connectivity index (χ4n) is 4.08. The van der Waals surface area contributed by atoms with Crippen molar-refractivity contribution in [3.8, 4) is 0 Å². The highest BCUT2D eigenvalue weighted by molar-refractivity contribution is 5.96. The lowest BCUT2D eigenvalue weighted by molar-refractivity contribution is 0.0915. The summed E-state index contributed by atoms with van der Waals surface area (Å²) >= 11 is 0. The van der Waals surface area contributed by atoms with Crippen LogP contribution >= 0.6 is 0 Å². The molecule has 2 aromatic rings. The largest absolute Gasteiger partial charge is 0.348 e. The first-order chi connectivity index (χ1) is 12.6. The zero-order chi connectivity index (χ0) is 18.5. The molecule has 5 heteroatoms. The van der Waals surface area contributed by atoms with E-state index in [9.17, 15) is 4.79 Å². The Balaban J connectivity index is 1.74. The second-order valence-corrected chi connectivity index (χ2v) is 7.41. The minimum atomic E-state index is -0.00797. The maximum atomic E-state index is 12.9. The number of amides is 1. The number of hydrogen-bond donors (Lipinski definition) is 2. The van der Waals surface area contributed by atoms with Gasteiger partial charge in [0.05, 0.1) is 17.8 Å². The van der Waals surface area contributed by atoms with Gasteiger partial charge >= 0.3 is 0 Å². The summed E-state index contributed by atoms with van der Waals surface area (Å²) < 4.78 is 2.15. The summed E-state index contributed by atoms with van der Waals surface area (Å²) in [6, 6.07) is 7.95. The van der Waals surface area contributed by atoms with Crippen LogP contribution in [0.25, 0.3) is 0 Å². The van der Waals surface area contributed by atoms with Gasteiger partial charge in [-0.1, -0.05) is 25.3 Å². The Kier molecular flexibility index (Phi) is 6.09. The molecule has 1 atom stereocenters. The van der Waals surface area contributed by atoms with E-state index in [0.29, 0.717) is 19.0 Å². The van der Waals surface area contributed by atoms with Gasteiger partial charge in [0.25, 0.3) is 5.91 Å². The highest BCUT2D eigenvalue weighted by Crippen LogP contribution is 2.26. The molecule has 0 bridgehead atoms. The molecule has 1 aliphatic rings. The van der Waals surface area contributed by atoms with Gasteiger partial charge < -0.3 is 15.6 Å². The summed E-state index contributed by atoms with van der Waals surface area (Å²) in [5.74, 6) is 0.501. The zero-order valence-electron chi connectivity index (χ0n) is 15.9. The molecule has 1 saturated carbocycles. The highest BCUT2D eigenvalue weighted by Gasteiger charge is 2.25. The first-order valence-corrected chi connectivity index (χ1v) is 9.67. The van der Waals surface area contributed by atoms with E-state index in [1.54, 1.807) is 6.20 Å². The van der Waals surface area contributed by atoms with Gasteiger partial charge in [-0.3, -0.25) is 9.78 Å². The molecule has 0 aromatic carbocycles. The second kappa shape index (κ2) is 8.49. The van der Waals surface area contributed by atoms with Gasteiger partial charge in [0.15, 0.2) is 0 Å². The zero-order valence-corrected chi connectivity index (χ0v) is 15.9. The molecular formula is C21H30N4O. The predicted octanol–water partition coefficient (Wildman–Crippen LogP) is 3.19. The number of hydrogen-bond acceptors (Lipinski definition) is 3. The standard InChI is InChI=1S/C21H30N4O/c1-15-12-19(16(2)25(15)14-18-10-6-7-11-23-18)21(26)24-20(13-22)17-8-4-3-5-9-17/h6-7,10-12,17,20H,3-5,8-9,13-14,22H2,1-2H3,(H,24,26). The summed E-state index contributed by atoms with van der Waals surface area (Å²) in [6.45, 7) is 5.22. The van der Waals surface area contributed by atoms with Gasteiger partial charge in [-0.05, 0) is 50.8 Å². The first-order valence-electron chi connectivity index (χ1n) is 9.67. The molecule has 1 fully saturated rings. The summed E-state index contributed by atoms with van der Waals surface area (Å²) in [7, 11) is 0. The summed E-state index contributed by atoms with van der Waals surface area (Å²) in [5.41, 5.74) is 9.76. The summed E-state index contributed by atoms with van der Waals surface area (Å²) in [4.78, 5) is 17.3. The Hall–Kier alpha value is -2.14. The lowest BCUT2D eigenvalue weighted by Crippen LogP contribution is -2.46. The lowest BCUT2D eigenvalue weighted by atomic mass is 9.84. The highest BCUT2D eigenvalue weighted by atomic mass is 16.1. The van der Waals surface area contributed by atoms with Gasteiger partial charge in [0, 0.05) is 30.2 Å². The van der Waals surface area contributed by atoms with E-state index in [4.69, 9.17) is 5.73 Å². The normalized spacial score (nSPS) is 16.4. The number of carbonyl (C=O) groups is 1. The van der Waals surface area contributed by atoms with Gasteiger partial charge in [-0.25, -0.2) is 0 Å². The van der Waals surface area contributed by atoms with Crippen molar-refractivity contribution in [2.45, 2.75) is 58.5 Å². The van der Waals surface area contributed by atoms with Crippen molar-refractivity contribution in [3.05, 3.63) is 53.1 Å². The smallest absolute Gasteiger partial charge is 0.253 e. The van der Waals surface area contributed by atoms with Crippen LogP contribution in [-0.4, -0.2) is 28.0 Å². The molecule has 140 valence electrons. The molecule has 2 heterocycles. The number of rotatable bonds is 6. The van der Waals surface area contributed by atoms with Crippen molar-refractivity contribution in [2.75, 3.05) is 6.54 Å². The van der Waals surface area contributed by atoms with Crippen LogP contribution in [0.4, 0.5) is 0 Å². The number of aryl methyl sites for hydroxylation is 1. The van der Waals surface area contributed by atoms with E-state index in [-0.39, 0.29) is 11.9 Å².